The molecule has 2 heterocycles. The normalized spacial score (nSPS) is 11.1. The predicted molar refractivity (Wildman–Crippen MR) is 110 cm³/mol. The number of hydrogen-bond donors (Lipinski definition) is 1. The van der Waals surface area contributed by atoms with Gasteiger partial charge in [0.25, 0.3) is 11.1 Å². The highest BCUT2D eigenvalue weighted by Gasteiger charge is 2.10. The highest BCUT2D eigenvalue weighted by molar-refractivity contribution is 5.80. The average Bonchev–Trinajstić information content (AvgIpc) is 2.75. The molecule has 0 fully saturated rings. The first-order valence-electron chi connectivity index (χ1n) is 9.37. The number of para-hydroxylation sites is 1. The number of nitrogens with zero attached hydrogens (tertiary/aromatic N) is 3. The second-order valence-corrected chi connectivity index (χ2v) is 6.70. The predicted octanol–water partition coefficient (Wildman–Crippen LogP) is 1.03. The van der Waals surface area contributed by atoms with Crippen molar-refractivity contribution in [2.24, 2.45) is 0 Å². The lowest BCUT2D eigenvalue weighted by Gasteiger charge is -2.08. The SMILES string of the molecule is O=C(Cn1ncc2ccccc2c1=O)OCCCn1c(=O)[nH]c2ccccc2c1=O. The third kappa shape index (κ3) is 3.77. The van der Waals surface area contributed by atoms with Gasteiger partial charge in [-0.25, -0.2) is 9.48 Å². The fourth-order valence-electron chi connectivity index (χ4n) is 3.22. The zero-order valence-electron chi connectivity index (χ0n) is 15.9. The topological polar surface area (TPSA) is 116 Å². The Morgan fingerprint density at radius 3 is 2.53 bits per heavy atom. The van der Waals surface area contributed by atoms with E-state index in [1.165, 1.54) is 6.20 Å². The Bertz CT molecular complexity index is 1420. The monoisotopic (exact) mass is 406 g/mol. The quantitative estimate of drug-likeness (QED) is 0.378. The summed E-state index contributed by atoms with van der Waals surface area (Å²) in [5, 5.41) is 5.56. The summed E-state index contributed by atoms with van der Waals surface area (Å²) < 4.78 is 7.26. The minimum atomic E-state index is -0.625. The van der Waals surface area contributed by atoms with Gasteiger partial charge in [-0.05, 0) is 24.6 Å². The van der Waals surface area contributed by atoms with Crippen LogP contribution < -0.4 is 16.8 Å². The van der Waals surface area contributed by atoms with E-state index in [-0.39, 0.29) is 31.7 Å². The van der Waals surface area contributed by atoms with Crippen molar-refractivity contribution in [1.29, 1.82) is 0 Å². The first kappa shape index (κ1) is 19.3. The van der Waals surface area contributed by atoms with Crippen LogP contribution in [0.2, 0.25) is 0 Å². The number of ether oxygens (including phenoxy) is 1. The van der Waals surface area contributed by atoms with E-state index in [0.717, 1.165) is 9.25 Å². The van der Waals surface area contributed by atoms with Gasteiger partial charge in [-0.3, -0.25) is 19.0 Å². The Morgan fingerprint density at radius 2 is 1.70 bits per heavy atom. The molecule has 0 aliphatic heterocycles. The lowest BCUT2D eigenvalue weighted by Crippen LogP contribution is -2.35. The van der Waals surface area contributed by atoms with E-state index < -0.39 is 17.2 Å². The number of H-pyrrole nitrogens is 1. The second kappa shape index (κ2) is 8.16. The Labute approximate surface area is 169 Å². The van der Waals surface area contributed by atoms with Crippen molar-refractivity contribution in [2.75, 3.05) is 6.61 Å². The Morgan fingerprint density at radius 1 is 0.967 bits per heavy atom. The van der Waals surface area contributed by atoms with Gasteiger partial charge in [0.1, 0.15) is 6.54 Å². The van der Waals surface area contributed by atoms with Gasteiger partial charge >= 0.3 is 11.7 Å². The highest BCUT2D eigenvalue weighted by atomic mass is 16.5. The van der Waals surface area contributed by atoms with Crippen LogP contribution in [-0.4, -0.2) is 31.9 Å². The molecule has 2 aromatic heterocycles. The summed E-state index contributed by atoms with van der Waals surface area (Å²) in [6.45, 7) is -0.222. The molecule has 0 saturated heterocycles. The number of nitrogens with one attached hydrogen (secondary N) is 1. The van der Waals surface area contributed by atoms with E-state index >= 15 is 0 Å². The molecule has 0 spiro atoms. The van der Waals surface area contributed by atoms with Crippen LogP contribution >= 0.6 is 0 Å². The summed E-state index contributed by atoms with van der Waals surface area (Å²) in [7, 11) is 0. The van der Waals surface area contributed by atoms with Crippen LogP contribution in [0, 0.1) is 0 Å². The Kier molecular flexibility index (Phi) is 5.25. The van der Waals surface area contributed by atoms with Gasteiger partial charge in [-0.1, -0.05) is 30.3 Å². The summed E-state index contributed by atoms with van der Waals surface area (Å²) in [5.41, 5.74) is -0.813. The van der Waals surface area contributed by atoms with Crippen LogP contribution in [0.5, 0.6) is 0 Å². The summed E-state index contributed by atoms with van der Waals surface area (Å²) in [6.07, 6.45) is 1.79. The van der Waals surface area contributed by atoms with Crippen LogP contribution in [0.4, 0.5) is 0 Å². The minimum Gasteiger partial charge on any atom is -0.464 e. The molecule has 0 saturated carbocycles. The summed E-state index contributed by atoms with van der Waals surface area (Å²) in [6, 6.07) is 13.7. The zero-order valence-corrected chi connectivity index (χ0v) is 15.9. The molecule has 2 aromatic carbocycles. The van der Waals surface area contributed by atoms with Crippen molar-refractivity contribution in [1.82, 2.24) is 19.3 Å². The van der Waals surface area contributed by atoms with E-state index in [4.69, 9.17) is 4.74 Å². The molecule has 152 valence electrons. The molecule has 4 aromatic rings. The Hall–Kier alpha value is -4.01. The number of carbonyl (C=O) groups excluding carboxylic acids is 1. The lowest BCUT2D eigenvalue weighted by molar-refractivity contribution is -0.144. The van der Waals surface area contributed by atoms with Gasteiger partial charge in [-0.15, -0.1) is 0 Å². The van der Waals surface area contributed by atoms with Crippen LogP contribution in [0.1, 0.15) is 6.42 Å². The highest BCUT2D eigenvalue weighted by Crippen LogP contribution is 2.06. The first-order chi connectivity index (χ1) is 14.5. The summed E-state index contributed by atoms with van der Waals surface area (Å²) in [4.78, 5) is 51.7. The van der Waals surface area contributed by atoms with Crippen molar-refractivity contribution in [3.63, 3.8) is 0 Å². The van der Waals surface area contributed by atoms with E-state index in [1.54, 1.807) is 48.5 Å². The van der Waals surface area contributed by atoms with Crippen LogP contribution in [0.25, 0.3) is 21.7 Å². The lowest BCUT2D eigenvalue weighted by atomic mass is 10.2. The number of benzene rings is 2. The molecule has 0 bridgehead atoms. The fourth-order valence-corrected chi connectivity index (χ4v) is 3.22. The van der Waals surface area contributed by atoms with Gasteiger partial charge in [0, 0.05) is 11.9 Å². The number of rotatable bonds is 6. The van der Waals surface area contributed by atoms with E-state index in [0.29, 0.717) is 21.7 Å². The van der Waals surface area contributed by atoms with Crippen molar-refractivity contribution in [3.8, 4) is 0 Å². The molecule has 0 aliphatic carbocycles. The molecule has 30 heavy (non-hydrogen) atoms. The smallest absolute Gasteiger partial charge is 0.328 e. The molecule has 9 nitrogen and oxygen atoms in total. The number of fused-ring (bicyclic) bond motifs is 2. The van der Waals surface area contributed by atoms with Gasteiger partial charge in [0.15, 0.2) is 0 Å². The number of aromatic nitrogens is 4. The molecule has 0 amide bonds. The van der Waals surface area contributed by atoms with E-state index in [1.807, 2.05) is 0 Å². The molecule has 0 radical (unpaired) electrons. The maximum atomic E-state index is 12.5. The maximum Gasteiger partial charge on any atom is 0.328 e. The largest absolute Gasteiger partial charge is 0.464 e. The van der Waals surface area contributed by atoms with Crippen LogP contribution in [0.15, 0.2) is 69.1 Å². The molecule has 9 heteroatoms. The average molecular weight is 406 g/mol. The molecular formula is C21H18N4O5. The molecule has 0 atom stereocenters. The third-order valence-electron chi connectivity index (χ3n) is 4.72. The van der Waals surface area contributed by atoms with Crippen molar-refractivity contribution < 1.29 is 9.53 Å². The maximum absolute atomic E-state index is 12.5. The van der Waals surface area contributed by atoms with Crippen LogP contribution in [-0.2, 0) is 22.6 Å². The van der Waals surface area contributed by atoms with E-state index in [2.05, 4.69) is 10.1 Å². The van der Waals surface area contributed by atoms with Crippen molar-refractivity contribution in [2.45, 2.75) is 19.5 Å². The summed E-state index contributed by atoms with van der Waals surface area (Å²) >= 11 is 0. The van der Waals surface area contributed by atoms with Gasteiger partial charge in [0.05, 0.1) is 29.1 Å². The second-order valence-electron chi connectivity index (χ2n) is 6.70. The zero-order chi connectivity index (χ0) is 21.1. The minimum absolute atomic E-state index is 0.000127. The molecule has 1 N–H and O–H groups in total. The molecular weight excluding hydrogens is 388 g/mol. The number of esters is 1. The summed E-state index contributed by atoms with van der Waals surface area (Å²) in [5.74, 6) is -0.625. The molecule has 0 aliphatic rings. The van der Waals surface area contributed by atoms with E-state index in [9.17, 15) is 19.2 Å². The van der Waals surface area contributed by atoms with Crippen molar-refractivity contribution >= 4 is 27.6 Å². The number of aromatic amines is 1. The molecule has 4 rings (SSSR count). The fraction of sp³-hybridized carbons (Fsp3) is 0.190. The number of carbonyl (C=O) groups is 1. The third-order valence-corrected chi connectivity index (χ3v) is 4.72. The van der Waals surface area contributed by atoms with Gasteiger partial charge in [-0.2, -0.15) is 5.10 Å². The first-order valence-corrected chi connectivity index (χ1v) is 9.37. The molecule has 0 unspecified atom stereocenters. The number of hydrogen-bond acceptors (Lipinski definition) is 6. The van der Waals surface area contributed by atoms with Gasteiger partial charge in [0.2, 0.25) is 0 Å². The Balaban J connectivity index is 1.37. The van der Waals surface area contributed by atoms with Gasteiger partial charge < -0.3 is 9.72 Å². The van der Waals surface area contributed by atoms with Crippen LogP contribution in [0.3, 0.4) is 0 Å². The standard InChI is InChI=1S/C21H18N4O5/c26-18(13-25-20(28)15-7-2-1-6-14(15)12-22-25)30-11-5-10-24-19(27)16-8-3-4-9-17(16)23-21(24)29/h1-4,6-9,12H,5,10-11,13H2,(H,23,29). The van der Waals surface area contributed by atoms with Crippen molar-refractivity contribution in [3.05, 3.63) is 85.9 Å².